The van der Waals surface area contributed by atoms with Gasteiger partial charge in [0, 0.05) is 14.1 Å². The second-order valence-corrected chi connectivity index (χ2v) is 7.05. The highest BCUT2D eigenvalue weighted by Crippen LogP contribution is 2.27. The topological polar surface area (TPSA) is 12.0 Å². The Labute approximate surface area is 143 Å². The molecule has 106 valence electrons. The Morgan fingerprint density at radius 3 is 2.70 bits per heavy atom. The highest BCUT2D eigenvalue weighted by atomic mass is 127. The van der Waals surface area contributed by atoms with Crippen molar-refractivity contribution in [3.63, 3.8) is 0 Å². The summed E-state index contributed by atoms with van der Waals surface area (Å²) in [6.07, 6.45) is 1.02. The van der Waals surface area contributed by atoms with Crippen LogP contribution in [0.2, 0.25) is 0 Å². The van der Waals surface area contributed by atoms with Gasteiger partial charge in [0.25, 0.3) is 0 Å². The lowest BCUT2D eigenvalue weighted by molar-refractivity contribution is 0.547. The van der Waals surface area contributed by atoms with Crippen molar-refractivity contribution in [2.45, 2.75) is 26.3 Å². The largest absolute Gasteiger partial charge is 0.310 e. The first-order valence-electron chi connectivity index (χ1n) is 6.84. The number of likely N-dealkylation sites (N-methyl/N-ethyl adjacent to an activating group) is 1. The summed E-state index contributed by atoms with van der Waals surface area (Å²) in [7, 11) is 0. The molecule has 0 radical (unpaired) electrons. The number of hydrogen-bond acceptors (Lipinski definition) is 1. The Balaban J connectivity index is 2.29. The Morgan fingerprint density at radius 2 is 2.00 bits per heavy atom. The van der Waals surface area contributed by atoms with Crippen molar-refractivity contribution in [2.75, 3.05) is 6.54 Å². The van der Waals surface area contributed by atoms with Crippen molar-refractivity contribution in [2.24, 2.45) is 0 Å². The molecule has 3 heteroatoms. The first-order valence-corrected chi connectivity index (χ1v) is 8.71. The molecule has 20 heavy (non-hydrogen) atoms. The molecule has 0 fully saturated rings. The molecule has 0 heterocycles. The summed E-state index contributed by atoms with van der Waals surface area (Å²) in [6.45, 7) is 5.28. The molecule has 0 amide bonds. The van der Waals surface area contributed by atoms with Crippen molar-refractivity contribution in [1.82, 2.24) is 5.32 Å². The highest BCUT2D eigenvalue weighted by molar-refractivity contribution is 14.1. The lowest BCUT2D eigenvalue weighted by atomic mass is 9.98. The average molecular weight is 444 g/mol. The summed E-state index contributed by atoms with van der Waals surface area (Å²) < 4.78 is 2.45. The van der Waals surface area contributed by atoms with Crippen LogP contribution in [0.5, 0.6) is 0 Å². The Bertz CT molecular complexity index is 583. The molecule has 1 nitrogen and oxygen atoms in total. The van der Waals surface area contributed by atoms with Crippen LogP contribution in [0, 0.1) is 10.5 Å². The fraction of sp³-hybridized carbons (Fsp3) is 0.294. The lowest BCUT2D eigenvalue weighted by Gasteiger charge is -2.20. The standard InChI is InChI=1S/C17H19BrIN/c1-3-20-17(10-13-6-4-5-12(2)9-13)15-11-14(18)7-8-16(15)19/h4-9,11,17,20H,3,10H2,1-2H3. The molecular formula is C17H19BrIN. The van der Waals surface area contributed by atoms with E-state index in [2.05, 4.69) is 100 Å². The Kier molecular flexibility index (Phi) is 6.05. The van der Waals surface area contributed by atoms with Crippen LogP contribution in [0.1, 0.15) is 29.7 Å². The van der Waals surface area contributed by atoms with Crippen molar-refractivity contribution in [3.8, 4) is 0 Å². The van der Waals surface area contributed by atoms with E-state index in [9.17, 15) is 0 Å². The molecule has 1 N–H and O–H groups in total. The third kappa shape index (κ3) is 4.30. The first kappa shape index (κ1) is 16.0. The summed E-state index contributed by atoms with van der Waals surface area (Å²) >= 11 is 6.00. The summed E-state index contributed by atoms with van der Waals surface area (Å²) in [5.74, 6) is 0. The van der Waals surface area contributed by atoms with Gasteiger partial charge in [-0.15, -0.1) is 0 Å². The monoisotopic (exact) mass is 443 g/mol. The number of nitrogens with one attached hydrogen (secondary N) is 1. The molecule has 0 bridgehead atoms. The van der Waals surface area contributed by atoms with E-state index in [1.165, 1.54) is 20.3 Å². The normalized spacial score (nSPS) is 12.4. The fourth-order valence-electron chi connectivity index (χ4n) is 2.39. The van der Waals surface area contributed by atoms with Gasteiger partial charge < -0.3 is 5.32 Å². The minimum absolute atomic E-state index is 0.353. The molecule has 2 aromatic rings. The maximum absolute atomic E-state index is 3.61. The third-order valence-electron chi connectivity index (χ3n) is 3.31. The molecule has 0 aromatic heterocycles. The molecule has 2 aromatic carbocycles. The quantitative estimate of drug-likeness (QED) is 0.622. The van der Waals surface area contributed by atoms with Crippen LogP contribution in [0.4, 0.5) is 0 Å². The molecule has 1 unspecified atom stereocenters. The molecule has 0 saturated heterocycles. The van der Waals surface area contributed by atoms with Crippen LogP contribution in [-0.4, -0.2) is 6.54 Å². The predicted molar refractivity (Wildman–Crippen MR) is 98.2 cm³/mol. The van der Waals surface area contributed by atoms with Gasteiger partial charge in [0.1, 0.15) is 0 Å². The summed E-state index contributed by atoms with van der Waals surface area (Å²) in [5, 5.41) is 3.61. The van der Waals surface area contributed by atoms with Gasteiger partial charge in [-0.2, -0.15) is 0 Å². The first-order chi connectivity index (χ1) is 9.60. The molecule has 0 aliphatic carbocycles. The van der Waals surface area contributed by atoms with E-state index in [1.807, 2.05) is 0 Å². The van der Waals surface area contributed by atoms with Gasteiger partial charge in [-0.1, -0.05) is 52.7 Å². The van der Waals surface area contributed by atoms with E-state index in [1.54, 1.807) is 0 Å². The molecule has 1 atom stereocenters. The molecule has 0 spiro atoms. The van der Waals surface area contributed by atoms with Gasteiger partial charge in [-0.3, -0.25) is 0 Å². The molecular weight excluding hydrogens is 425 g/mol. The molecule has 0 saturated carbocycles. The van der Waals surface area contributed by atoms with Crippen LogP contribution >= 0.6 is 38.5 Å². The van der Waals surface area contributed by atoms with Crippen LogP contribution < -0.4 is 5.32 Å². The van der Waals surface area contributed by atoms with E-state index >= 15 is 0 Å². The molecule has 0 aliphatic heterocycles. The number of rotatable bonds is 5. The number of aryl methyl sites for hydroxylation is 1. The van der Waals surface area contributed by atoms with Gasteiger partial charge in [-0.25, -0.2) is 0 Å². The minimum atomic E-state index is 0.353. The predicted octanol–water partition coefficient (Wildman–Crippen LogP) is 5.26. The van der Waals surface area contributed by atoms with Crippen LogP contribution in [-0.2, 0) is 6.42 Å². The van der Waals surface area contributed by atoms with Crippen molar-refractivity contribution >= 4 is 38.5 Å². The maximum atomic E-state index is 3.61. The van der Waals surface area contributed by atoms with Crippen LogP contribution in [0.25, 0.3) is 0 Å². The van der Waals surface area contributed by atoms with Gasteiger partial charge >= 0.3 is 0 Å². The summed E-state index contributed by atoms with van der Waals surface area (Å²) in [6, 6.07) is 15.6. The zero-order chi connectivity index (χ0) is 14.5. The van der Waals surface area contributed by atoms with Crippen molar-refractivity contribution < 1.29 is 0 Å². The summed E-state index contributed by atoms with van der Waals surface area (Å²) in [4.78, 5) is 0. The number of benzene rings is 2. The third-order valence-corrected chi connectivity index (χ3v) is 4.78. The second kappa shape index (κ2) is 7.57. The zero-order valence-electron chi connectivity index (χ0n) is 11.8. The smallest absolute Gasteiger partial charge is 0.0371 e. The number of hydrogen-bond donors (Lipinski definition) is 1. The summed E-state index contributed by atoms with van der Waals surface area (Å²) in [5.41, 5.74) is 4.07. The molecule has 0 aliphatic rings. The van der Waals surface area contributed by atoms with E-state index < -0.39 is 0 Å². The van der Waals surface area contributed by atoms with E-state index in [4.69, 9.17) is 0 Å². The Hall–Kier alpha value is -0.390. The SMILES string of the molecule is CCNC(Cc1cccc(C)c1)c1cc(Br)ccc1I. The Morgan fingerprint density at radius 1 is 1.20 bits per heavy atom. The minimum Gasteiger partial charge on any atom is -0.310 e. The van der Waals surface area contributed by atoms with Crippen molar-refractivity contribution in [1.29, 1.82) is 0 Å². The number of halogens is 2. The van der Waals surface area contributed by atoms with Crippen LogP contribution in [0.15, 0.2) is 46.9 Å². The van der Waals surface area contributed by atoms with Gasteiger partial charge in [0.15, 0.2) is 0 Å². The van der Waals surface area contributed by atoms with Gasteiger partial charge in [0.05, 0.1) is 0 Å². The van der Waals surface area contributed by atoms with Gasteiger partial charge in [-0.05, 0) is 71.8 Å². The van der Waals surface area contributed by atoms with Crippen LogP contribution in [0.3, 0.4) is 0 Å². The highest BCUT2D eigenvalue weighted by Gasteiger charge is 2.14. The zero-order valence-corrected chi connectivity index (χ0v) is 15.5. The fourth-order valence-corrected chi connectivity index (χ4v) is 3.49. The lowest BCUT2D eigenvalue weighted by Crippen LogP contribution is -2.23. The average Bonchev–Trinajstić information content (AvgIpc) is 2.41. The second-order valence-electron chi connectivity index (χ2n) is 4.97. The maximum Gasteiger partial charge on any atom is 0.0371 e. The van der Waals surface area contributed by atoms with Gasteiger partial charge in [0.2, 0.25) is 0 Å². The van der Waals surface area contributed by atoms with E-state index in [0.29, 0.717) is 6.04 Å². The van der Waals surface area contributed by atoms with E-state index in [0.717, 1.165) is 17.4 Å². The molecule has 2 rings (SSSR count). The van der Waals surface area contributed by atoms with E-state index in [-0.39, 0.29) is 0 Å². The van der Waals surface area contributed by atoms with Crippen molar-refractivity contribution in [3.05, 3.63) is 67.2 Å².